The predicted molar refractivity (Wildman–Crippen MR) is 82.5 cm³/mol. The predicted octanol–water partition coefficient (Wildman–Crippen LogP) is 5.95. The fourth-order valence-electron chi connectivity index (χ4n) is 2.62. The first kappa shape index (κ1) is 20.2. The van der Waals surface area contributed by atoms with E-state index in [9.17, 15) is 35.5 Å². The summed E-state index contributed by atoms with van der Waals surface area (Å²) in [5.41, 5.74) is 0.878. The van der Waals surface area contributed by atoms with Crippen LogP contribution in [0.25, 0.3) is 10.8 Å². The van der Waals surface area contributed by atoms with Gasteiger partial charge in [0.05, 0.1) is 0 Å². The maximum absolute atomic E-state index is 13.2. The zero-order chi connectivity index (χ0) is 19.6. The van der Waals surface area contributed by atoms with Gasteiger partial charge in [0, 0.05) is 6.42 Å². The minimum absolute atomic E-state index is 0.202. The van der Waals surface area contributed by atoms with Crippen LogP contribution in [0.2, 0.25) is 0 Å². The van der Waals surface area contributed by atoms with Crippen molar-refractivity contribution in [3.63, 3.8) is 0 Å². The van der Waals surface area contributed by atoms with Crippen molar-refractivity contribution in [2.24, 2.45) is 0 Å². The minimum atomic E-state index is -6.49. The number of aryl methyl sites for hydroxylation is 1. The van der Waals surface area contributed by atoms with Crippen LogP contribution in [0.15, 0.2) is 42.5 Å². The SMILES string of the molecule is O=C(CCCCc1cccc2ccccc12)C(F)(F)C(F)(F)C(F)(F)F. The zero-order valence-corrected chi connectivity index (χ0v) is 13.4. The number of halogens is 7. The second kappa shape index (κ2) is 7.25. The third kappa shape index (κ3) is 3.83. The highest BCUT2D eigenvalue weighted by atomic mass is 19.4. The molecule has 0 atom stereocenters. The zero-order valence-electron chi connectivity index (χ0n) is 13.4. The molecule has 2 rings (SSSR count). The van der Waals surface area contributed by atoms with Crippen LogP contribution < -0.4 is 0 Å². The van der Waals surface area contributed by atoms with Crippen molar-refractivity contribution >= 4 is 16.6 Å². The lowest BCUT2D eigenvalue weighted by Gasteiger charge is -2.26. The van der Waals surface area contributed by atoms with Crippen molar-refractivity contribution in [1.82, 2.24) is 0 Å². The molecule has 0 saturated heterocycles. The van der Waals surface area contributed by atoms with Crippen molar-refractivity contribution < 1.29 is 35.5 Å². The molecule has 2 aromatic carbocycles. The number of unbranched alkanes of at least 4 members (excludes halogenated alkanes) is 1. The normalized spacial score (nSPS) is 13.2. The molecule has 0 spiro atoms. The summed E-state index contributed by atoms with van der Waals surface area (Å²) in [6.07, 6.45) is -7.17. The van der Waals surface area contributed by atoms with Gasteiger partial charge in [-0.05, 0) is 35.6 Å². The summed E-state index contributed by atoms with van der Waals surface area (Å²) in [4.78, 5) is 11.3. The van der Waals surface area contributed by atoms with Gasteiger partial charge >= 0.3 is 18.0 Å². The van der Waals surface area contributed by atoms with Gasteiger partial charge in [-0.3, -0.25) is 4.79 Å². The maximum atomic E-state index is 13.2. The third-order valence-electron chi connectivity index (χ3n) is 4.08. The molecule has 0 heterocycles. The summed E-state index contributed by atoms with van der Waals surface area (Å²) < 4.78 is 88.3. The van der Waals surface area contributed by atoms with Gasteiger partial charge in [0.15, 0.2) is 0 Å². The van der Waals surface area contributed by atoms with E-state index in [4.69, 9.17) is 0 Å². The quantitative estimate of drug-likeness (QED) is 0.428. The van der Waals surface area contributed by atoms with Gasteiger partial charge in [0.25, 0.3) is 0 Å². The fraction of sp³-hybridized carbons (Fsp3) is 0.389. The monoisotopic (exact) mass is 380 g/mol. The largest absolute Gasteiger partial charge is 0.460 e. The van der Waals surface area contributed by atoms with Crippen molar-refractivity contribution in [3.05, 3.63) is 48.0 Å². The van der Waals surface area contributed by atoms with E-state index in [0.29, 0.717) is 6.42 Å². The molecule has 0 radical (unpaired) electrons. The Kier molecular flexibility index (Phi) is 5.63. The highest BCUT2D eigenvalue weighted by Crippen LogP contribution is 2.47. The first-order chi connectivity index (χ1) is 12.0. The Bertz CT molecular complexity index is 775. The minimum Gasteiger partial charge on any atom is -0.293 e. The Morgan fingerprint density at radius 1 is 0.808 bits per heavy atom. The van der Waals surface area contributed by atoms with E-state index in [0.717, 1.165) is 16.3 Å². The van der Waals surface area contributed by atoms with Gasteiger partial charge in [0.2, 0.25) is 5.78 Å². The van der Waals surface area contributed by atoms with Crippen LogP contribution in [0.5, 0.6) is 0 Å². The molecule has 0 bridgehead atoms. The van der Waals surface area contributed by atoms with Gasteiger partial charge < -0.3 is 0 Å². The molecule has 0 aromatic heterocycles. The molecule has 0 amide bonds. The molecule has 26 heavy (non-hydrogen) atoms. The average molecular weight is 380 g/mol. The molecular weight excluding hydrogens is 365 g/mol. The molecule has 0 aliphatic carbocycles. The lowest BCUT2D eigenvalue weighted by molar-refractivity contribution is -0.343. The van der Waals surface area contributed by atoms with Gasteiger partial charge in [-0.25, -0.2) is 0 Å². The molecule has 0 unspecified atom stereocenters. The van der Waals surface area contributed by atoms with E-state index in [2.05, 4.69) is 0 Å². The number of carbonyl (C=O) groups excluding carboxylic acids is 1. The van der Waals surface area contributed by atoms with Crippen LogP contribution >= 0.6 is 0 Å². The lowest BCUT2D eigenvalue weighted by Crippen LogP contribution is -2.56. The second-order valence-electron chi connectivity index (χ2n) is 5.92. The molecule has 0 fully saturated rings. The third-order valence-corrected chi connectivity index (χ3v) is 4.08. The van der Waals surface area contributed by atoms with Crippen LogP contribution in [0.4, 0.5) is 30.7 Å². The van der Waals surface area contributed by atoms with Gasteiger partial charge in [0.1, 0.15) is 0 Å². The Labute approximate surface area is 144 Å². The molecule has 142 valence electrons. The van der Waals surface area contributed by atoms with Crippen molar-refractivity contribution in [3.8, 4) is 0 Å². The van der Waals surface area contributed by atoms with Gasteiger partial charge in [-0.2, -0.15) is 30.7 Å². The standard InChI is InChI=1S/C18H15F7O/c19-16(20,17(21,22)18(23,24)25)15(26)11-4-2-7-13-9-5-8-12-6-1-3-10-14(12)13/h1,3,5-6,8-10H,2,4,7,11H2. The summed E-state index contributed by atoms with van der Waals surface area (Å²) >= 11 is 0. The number of ketones is 1. The molecule has 0 saturated carbocycles. The first-order valence-corrected chi connectivity index (χ1v) is 7.81. The summed E-state index contributed by atoms with van der Waals surface area (Å²) in [5, 5.41) is 1.88. The topological polar surface area (TPSA) is 17.1 Å². The lowest BCUT2D eigenvalue weighted by atomic mass is 9.97. The highest BCUT2D eigenvalue weighted by Gasteiger charge is 2.75. The molecule has 0 aliphatic rings. The maximum Gasteiger partial charge on any atom is 0.460 e. The number of Topliss-reactive ketones (excluding diaryl/α,β-unsaturated/α-hetero) is 1. The smallest absolute Gasteiger partial charge is 0.293 e. The van der Waals surface area contributed by atoms with Crippen molar-refractivity contribution in [2.75, 3.05) is 0 Å². The molecule has 1 nitrogen and oxygen atoms in total. The van der Waals surface area contributed by atoms with E-state index < -0.39 is 30.2 Å². The Morgan fingerprint density at radius 2 is 1.42 bits per heavy atom. The van der Waals surface area contributed by atoms with Crippen molar-refractivity contribution in [2.45, 2.75) is 43.7 Å². The molecule has 2 aromatic rings. The van der Waals surface area contributed by atoms with Crippen LogP contribution in [0.3, 0.4) is 0 Å². The highest BCUT2D eigenvalue weighted by molar-refractivity contribution is 5.87. The molecule has 8 heteroatoms. The number of hydrogen-bond acceptors (Lipinski definition) is 1. The van der Waals surface area contributed by atoms with Crippen LogP contribution in [-0.4, -0.2) is 23.8 Å². The number of fused-ring (bicyclic) bond motifs is 1. The number of carbonyl (C=O) groups is 1. The number of alkyl halides is 7. The summed E-state index contributed by atoms with van der Waals surface area (Å²) in [7, 11) is 0. The average Bonchev–Trinajstić information content (AvgIpc) is 2.57. The van der Waals surface area contributed by atoms with Crippen LogP contribution in [0, 0.1) is 0 Å². The Hall–Kier alpha value is -2.12. The van der Waals surface area contributed by atoms with E-state index in [1.54, 1.807) is 12.1 Å². The van der Waals surface area contributed by atoms with Crippen LogP contribution in [-0.2, 0) is 11.2 Å². The summed E-state index contributed by atoms with van der Waals surface area (Å²) in [6, 6.07) is 12.9. The van der Waals surface area contributed by atoms with Gasteiger partial charge in [-0.15, -0.1) is 0 Å². The summed E-state index contributed by atoms with van der Waals surface area (Å²) in [6.45, 7) is 0. The molecule has 0 aliphatic heterocycles. The van der Waals surface area contributed by atoms with Crippen molar-refractivity contribution in [1.29, 1.82) is 0 Å². The van der Waals surface area contributed by atoms with E-state index in [1.807, 2.05) is 30.3 Å². The number of hydrogen-bond donors (Lipinski definition) is 0. The van der Waals surface area contributed by atoms with E-state index in [-0.39, 0.29) is 12.8 Å². The first-order valence-electron chi connectivity index (χ1n) is 7.81. The fourth-order valence-corrected chi connectivity index (χ4v) is 2.62. The van der Waals surface area contributed by atoms with Gasteiger partial charge in [-0.1, -0.05) is 42.5 Å². The number of benzene rings is 2. The van der Waals surface area contributed by atoms with Crippen LogP contribution in [0.1, 0.15) is 24.8 Å². The molecular formula is C18H15F7O. The van der Waals surface area contributed by atoms with E-state index >= 15 is 0 Å². The Balaban J connectivity index is 1.96. The van der Waals surface area contributed by atoms with E-state index in [1.165, 1.54) is 0 Å². The number of rotatable bonds is 7. The summed E-state index contributed by atoms with van der Waals surface area (Å²) in [5.74, 6) is -14.6. The molecule has 0 N–H and O–H groups in total. The second-order valence-corrected chi connectivity index (χ2v) is 5.92. The Morgan fingerprint density at radius 3 is 2.08 bits per heavy atom.